The van der Waals surface area contributed by atoms with Crippen molar-refractivity contribution in [1.82, 2.24) is 15.3 Å². The number of para-hydroxylation sites is 2. The molecule has 3 N–H and O–H groups in total. The minimum atomic E-state index is -0.413. The summed E-state index contributed by atoms with van der Waals surface area (Å²) in [6.45, 7) is 1.17. The number of amides is 1. The molecule has 0 saturated heterocycles. The number of fused-ring (bicyclic) bond motifs is 1. The van der Waals surface area contributed by atoms with Crippen molar-refractivity contribution in [3.63, 3.8) is 0 Å². The van der Waals surface area contributed by atoms with Crippen molar-refractivity contribution in [3.05, 3.63) is 59.9 Å². The normalized spacial score (nSPS) is 10.7. The van der Waals surface area contributed by atoms with Crippen LogP contribution in [0.4, 0.5) is 10.3 Å². The fraction of sp³-hybridized carbons (Fsp3) is 0.176. The third-order valence-electron chi connectivity index (χ3n) is 3.41. The van der Waals surface area contributed by atoms with Gasteiger partial charge in [-0.25, -0.2) is 9.37 Å². The maximum Gasteiger partial charge on any atom is 0.251 e. The molecule has 1 heterocycles. The lowest BCUT2D eigenvalue weighted by Gasteiger charge is -2.06. The molecule has 6 heteroatoms. The van der Waals surface area contributed by atoms with Crippen LogP contribution in [0.2, 0.25) is 0 Å². The Kier molecular flexibility index (Phi) is 4.52. The highest BCUT2D eigenvalue weighted by atomic mass is 19.1. The first-order chi connectivity index (χ1) is 11.2. The first-order valence-electron chi connectivity index (χ1n) is 7.45. The van der Waals surface area contributed by atoms with Gasteiger partial charge in [-0.15, -0.1) is 0 Å². The number of aromatic amines is 1. The summed E-state index contributed by atoms with van der Waals surface area (Å²) < 4.78 is 13.0. The minimum absolute atomic E-state index is 0.270. The molecule has 0 saturated carbocycles. The molecule has 3 aromatic rings. The van der Waals surface area contributed by atoms with E-state index in [0.29, 0.717) is 24.6 Å². The van der Waals surface area contributed by atoms with Crippen LogP contribution < -0.4 is 10.6 Å². The number of nitrogens with zero attached hydrogens (tertiary/aromatic N) is 1. The van der Waals surface area contributed by atoms with E-state index >= 15 is 0 Å². The second kappa shape index (κ2) is 6.91. The van der Waals surface area contributed by atoms with Gasteiger partial charge < -0.3 is 15.6 Å². The van der Waals surface area contributed by atoms with E-state index in [-0.39, 0.29) is 5.91 Å². The third-order valence-corrected chi connectivity index (χ3v) is 3.41. The van der Waals surface area contributed by atoms with E-state index < -0.39 is 5.82 Å². The average molecular weight is 312 g/mol. The summed E-state index contributed by atoms with van der Waals surface area (Å²) in [6.07, 6.45) is 0.734. The fourth-order valence-corrected chi connectivity index (χ4v) is 2.27. The molecule has 23 heavy (non-hydrogen) atoms. The lowest BCUT2D eigenvalue weighted by molar-refractivity contribution is 0.0953. The largest absolute Gasteiger partial charge is 0.356 e. The van der Waals surface area contributed by atoms with E-state index in [1.807, 2.05) is 24.3 Å². The Hall–Kier alpha value is -2.89. The van der Waals surface area contributed by atoms with Gasteiger partial charge in [-0.3, -0.25) is 4.79 Å². The van der Waals surface area contributed by atoms with E-state index in [2.05, 4.69) is 20.6 Å². The van der Waals surface area contributed by atoms with Gasteiger partial charge in [0.25, 0.3) is 5.91 Å². The lowest BCUT2D eigenvalue weighted by atomic mass is 10.2. The maximum absolute atomic E-state index is 13.0. The molecule has 3 rings (SSSR count). The molecule has 0 unspecified atom stereocenters. The smallest absolute Gasteiger partial charge is 0.251 e. The molecule has 0 atom stereocenters. The number of hydrogen-bond acceptors (Lipinski definition) is 3. The van der Waals surface area contributed by atoms with Crippen LogP contribution in [0, 0.1) is 5.82 Å². The molecule has 0 radical (unpaired) electrons. The molecular weight excluding hydrogens is 295 g/mol. The van der Waals surface area contributed by atoms with Gasteiger partial charge in [-0.1, -0.05) is 18.2 Å². The fourth-order valence-electron chi connectivity index (χ4n) is 2.27. The zero-order valence-electron chi connectivity index (χ0n) is 12.5. The molecule has 0 bridgehead atoms. The van der Waals surface area contributed by atoms with Crippen molar-refractivity contribution in [3.8, 4) is 0 Å². The van der Waals surface area contributed by atoms with Crippen LogP contribution in [-0.4, -0.2) is 29.0 Å². The monoisotopic (exact) mass is 312 g/mol. The number of anilines is 1. The SMILES string of the molecule is O=C(NCCCNc1nc2ccccc2[nH]1)c1cccc(F)c1. The summed E-state index contributed by atoms with van der Waals surface area (Å²) in [4.78, 5) is 19.4. The van der Waals surface area contributed by atoms with Crippen LogP contribution in [0.25, 0.3) is 11.0 Å². The second-order valence-corrected chi connectivity index (χ2v) is 5.15. The standard InChI is InChI=1S/C17H17FN4O/c18-13-6-3-5-12(11-13)16(23)19-9-4-10-20-17-21-14-7-1-2-8-15(14)22-17/h1-3,5-8,11H,4,9-10H2,(H,19,23)(H2,20,21,22). The molecule has 2 aromatic carbocycles. The van der Waals surface area contributed by atoms with E-state index in [1.54, 1.807) is 6.07 Å². The van der Waals surface area contributed by atoms with E-state index in [1.165, 1.54) is 18.2 Å². The molecule has 0 aliphatic rings. The minimum Gasteiger partial charge on any atom is -0.356 e. The second-order valence-electron chi connectivity index (χ2n) is 5.15. The highest BCUT2D eigenvalue weighted by Crippen LogP contribution is 2.12. The van der Waals surface area contributed by atoms with Gasteiger partial charge in [-0.05, 0) is 36.8 Å². The van der Waals surface area contributed by atoms with E-state index in [4.69, 9.17) is 0 Å². The van der Waals surface area contributed by atoms with Crippen molar-refractivity contribution in [2.75, 3.05) is 18.4 Å². The molecule has 1 aromatic heterocycles. The predicted molar refractivity (Wildman–Crippen MR) is 87.9 cm³/mol. The zero-order chi connectivity index (χ0) is 16.1. The van der Waals surface area contributed by atoms with E-state index in [0.717, 1.165) is 17.5 Å². The topological polar surface area (TPSA) is 69.8 Å². The van der Waals surface area contributed by atoms with Gasteiger partial charge >= 0.3 is 0 Å². The van der Waals surface area contributed by atoms with Crippen molar-refractivity contribution < 1.29 is 9.18 Å². The Balaban J connectivity index is 1.42. The van der Waals surface area contributed by atoms with Crippen molar-refractivity contribution >= 4 is 22.9 Å². The molecule has 0 spiro atoms. The highest BCUT2D eigenvalue weighted by molar-refractivity contribution is 5.94. The Labute approximate surface area is 132 Å². The number of hydrogen-bond donors (Lipinski definition) is 3. The maximum atomic E-state index is 13.0. The van der Waals surface area contributed by atoms with Crippen molar-refractivity contribution in [1.29, 1.82) is 0 Å². The number of halogens is 1. The number of rotatable bonds is 6. The van der Waals surface area contributed by atoms with Crippen LogP contribution in [0.15, 0.2) is 48.5 Å². The Bertz CT molecular complexity index is 782. The number of benzene rings is 2. The van der Waals surface area contributed by atoms with Gasteiger partial charge in [0.1, 0.15) is 5.82 Å². The Morgan fingerprint density at radius 2 is 2.00 bits per heavy atom. The zero-order valence-corrected chi connectivity index (χ0v) is 12.5. The third kappa shape index (κ3) is 3.85. The Morgan fingerprint density at radius 3 is 2.83 bits per heavy atom. The van der Waals surface area contributed by atoms with Crippen LogP contribution >= 0.6 is 0 Å². The summed E-state index contributed by atoms with van der Waals surface area (Å²) in [5.74, 6) is 0.0279. The summed E-state index contributed by atoms with van der Waals surface area (Å²) in [6, 6.07) is 13.4. The summed E-state index contributed by atoms with van der Waals surface area (Å²) in [5, 5.41) is 5.94. The van der Waals surface area contributed by atoms with Crippen LogP contribution in [-0.2, 0) is 0 Å². The van der Waals surface area contributed by atoms with Crippen molar-refractivity contribution in [2.24, 2.45) is 0 Å². The predicted octanol–water partition coefficient (Wildman–Crippen LogP) is 2.93. The average Bonchev–Trinajstić information content (AvgIpc) is 2.97. The van der Waals surface area contributed by atoms with Crippen LogP contribution in [0.5, 0.6) is 0 Å². The van der Waals surface area contributed by atoms with Crippen molar-refractivity contribution in [2.45, 2.75) is 6.42 Å². The molecule has 5 nitrogen and oxygen atoms in total. The number of imidazole rings is 1. The lowest BCUT2D eigenvalue weighted by Crippen LogP contribution is -2.25. The Morgan fingerprint density at radius 1 is 1.13 bits per heavy atom. The molecule has 0 aliphatic heterocycles. The molecule has 1 amide bonds. The summed E-state index contributed by atoms with van der Waals surface area (Å²) >= 11 is 0. The molecular formula is C17H17FN4O. The van der Waals surface area contributed by atoms with Crippen LogP contribution in [0.1, 0.15) is 16.8 Å². The highest BCUT2D eigenvalue weighted by Gasteiger charge is 2.05. The van der Waals surface area contributed by atoms with Gasteiger partial charge in [0.15, 0.2) is 0 Å². The number of carbonyl (C=O) groups excluding carboxylic acids is 1. The number of H-pyrrole nitrogens is 1. The molecule has 0 fully saturated rings. The number of aromatic nitrogens is 2. The molecule has 0 aliphatic carbocycles. The quantitative estimate of drug-likeness (QED) is 0.613. The first-order valence-corrected chi connectivity index (χ1v) is 7.45. The van der Waals surface area contributed by atoms with Gasteiger partial charge in [0, 0.05) is 18.7 Å². The van der Waals surface area contributed by atoms with Gasteiger partial charge in [0.05, 0.1) is 11.0 Å². The summed E-state index contributed by atoms with van der Waals surface area (Å²) in [7, 11) is 0. The van der Waals surface area contributed by atoms with E-state index in [9.17, 15) is 9.18 Å². The number of nitrogens with one attached hydrogen (secondary N) is 3. The summed E-state index contributed by atoms with van der Waals surface area (Å²) in [5.41, 5.74) is 2.22. The first kappa shape index (κ1) is 15.0. The van der Waals surface area contributed by atoms with Gasteiger partial charge in [0.2, 0.25) is 5.95 Å². The molecule has 118 valence electrons. The van der Waals surface area contributed by atoms with Crippen LogP contribution in [0.3, 0.4) is 0 Å². The van der Waals surface area contributed by atoms with Gasteiger partial charge in [-0.2, -0.15) is 0 Å². The number of carbonyl (C=O) groups is 1.